The molecule has 0 bridgehead atoms. The van der Waals surface area contributed by atoms with Crippen molar-refractivity contribution < 1.29 is 14.7 Å². The zero-order valence-electron chi connectivity index (χ0n) is 15.0. The van der Waals surface area contributed by atoms with E-state index in [0.717, 1.165) is 21.3 Å². The van der Waals surface area contributed by atoms with E-state index in [-0.39, 0.29) is 18.7 Å². The van der Waals surface area contributed by atoms with Gasteiger partial charge in [0.25, 0.3) is 0 Å². The minimum absolute atomic E-state index is 0.115. The largest absolute Gasteiger partial charge is 0.481 e. The molecule has 0 aromatic carbocycles. The van der Waals surface area contributed by atoms with Crippen LogP contribution in [0.15, 0.2) is 5.38 Å². The van der Waals surface area contributed by atoms with E-state index in [1.54, 1.807) is 20.8 Å². The number of amides is 1. The van der Waals surface area contributed by atoms with Crippen LogP contribution in [0.3, 0.4) is 0 Å². The van der Waals surface area contributed by atoms with Crippen molar-refractivity contribution in [3.05, 3.63) is 16.1 Å². The molecular formula is C17H20N4O3S2. The highest BCUT2D eigenvalue weighted by molar-refractivity contribution is 7.19. The number of aromatic nitrogens is 2. The summed E-state index contributed by atoms with van der Waals surface area (Å²) in [5.41, 5.74) is 0.934. The highest BCUT2D eigenvalue weighted by atomic mass is 32.1. The molecule has 2 aromatic heterocycles. The van der Waals surface area contributed by atoms with Gasteiger partial charge in [-0.15, -0.1) is 11.3 Å². The van der Waals surface area contributed by atoms with Crippen LogP contribution in [0.4, 0.5) is 5.13 Å². The number of aliphatic carboxylic acids is 1. The molecule has 26 heavy (non-hydrogen) atoms. The van der Waals surface area contributed by atoms with Gasteiger partial charge in [0.1, 0.15) is 5.01 Å². The highest BCUT2D eigenvalue weighted by Crippen LogP contribution is 2.34. The van der Waals surface area contributed by atoms with Crippen LogP contribution in [0.2, 0.25) is 0 Å². The first-order valence-electron chi connectivity index (χ1n) is 7.93. The number of nitrogens with zero attached hydrogens (tertiary/aromatic N) is 3. The molecule has 0 radical (unpaired) electrons. The molecule has 138 valence electrons. The summed E-state index contributed by atoms with van der Waals surface area (Å²) in [6.07, 6.45) is 0.144. The normalized spacial score (nSPS) is 12.4. The number of carboxylic acids is 1. The van der Waals surface area contributed by atoms with Gasteiger partial charge in [-0.2, -0.15) is 5.26 Å². The second-order valence-corrected chi connectivity index (χ2v) is 8.85. The van der Waals surface area contributed by atoms with E-state index >= 15 is 0 Å². The number of carbonyl (C=O) groups excluding carboxylic acids is 1. The Kier molecular flexibility index (Phi) is 6.10. The summed E-state index contributed by atoms with van der Waals surface area (Å²) < 4.78 is 0. The average Bonchev–Trinajstić information content (AvgIpc) is 3.10. The predicted octanol–water partition coefficient (Wildman–Crippen LogP) is 3.72. The molecule has 0 saturated heterocycles. The molecule has 0 spiro atoms. The molecule has 2 N–H and O–H groups in total. The Bertz CT molecular complexity index is 858. The van der Waals surface area contributed by atoms with Gasteiger partial charge in [-0.05, 0) is 12.3 Å². The third kappa shape index (κ3) is 4.86. The van der Waals surface area contributed by atoms with E-state index < -0.39 is 17.3 Å². The fourth-order valence-corrected chi connectivity index (χ4v) is 4.11. The van der Waals surface area contributed by atoms with Crippen molar-refractivity contribution in [1.82, 2.24) is 9.97 Å². The molecule has 7 nitrogen and oxygen atoms in total. The second-order valence-electron chi connectivity index (χ2n) is 6.90. The topological polar surface area (TPSA) is 116 Å². The number of nitriles is 1. The van der Waals surface area contributed by atoms with E-state index in [1.165, 1.54) is 22.7 Å². The Balaban J connectivity index is 2.12. The molecule has 1 unspecified atom stereocenters. The fourth-order valence-electron chi connectivity index (χ4n) is 2.37. The summed E-state index contributed by atoms with van der Waals surface area (Å²) in [5.74, 6) is -2.15. The molecule has 0 aliphatic rings. The Labute approximate surface area is 159 Å². The molecule has 2 heterocycles. The lowest BCUT2D eigenvalue weighted by Crippen LogP contribution is -2.32. The highest BCUT2D eigenvalue weighted by Gasteiger charge is 2.33. The monoisotopic (exact) mass is 392 g/mol. The van der Waals surface area contributed by atoms with Crippen LogP contribution in [0.1, 0.15) is 37.9 Å². The second kappa shape index (κ2) is 7.93. The van der Waals surface area contributed by atoms with E-state index in [1.807, 2.05) is 12.3 Å². The maximum absolute atomic E-state index is 12.3. The van der Waals surface area contributed by atoms with Gasteiger partial charge in [0, 0.05) is 11.8 Å². The van der Waals surface area contributed by atoms with Gasteiger partial charge in [0.15, 0.2) is 5.13 Å². The quantitative estimate of drug-likeness (QED) is 0.774. The van der Waals surface area contributed by atoms with Crippen molar-refractivity contribution >= 4 is 39.7 Å². The van der Waals surface area contributed by atoms with E-state index in [0.29, 0.717) is 5.13 Å². The van der Waals surface area contributed by atoms with Gasteiger partial charge in [0.2, 0.25) is 5.91 Å². The lowest BCUT2D eigenvalue weighted by atomic mass is 9.78. The number of carbonyl (C=O) groups is 2. The van der Waals surface area contributed by atoms with Crippen LogP contribution in [-0.4, -0.2) is 27.0 Å². The number of rotatable bonds is 6. The first-order chi connectivity index (χ1) is 12.1. The van der Waals surface area contributed by atoms with E-state index in [9.17, 15) is 14.7 Å². The minimum atomic E-state index is -0.990. The molecule has 2 rings (SSSR count). The van der Waals surface area contributed by atoms with Crippen LogP contribution in [-0.2, 0) is 16.0 Å². The third-order valence-electron chi connectivity index (χ3n) is 3.79. The van der Waals surface area contributed by atoms with Crippen LogP contribution < -0.4 is 5.32 Å². The van der Waals surface area contributed by atoms with Crippen LogP contribution in [0, 0.1) is 29.6 Å². The first-order valence-corrected chi connectivity index (χ1v) is 9.63. The van der Waals surface area contributed by atoms with Gasteiger partial charge in [-0.3, -0.25) is 9.59 Å². The first kappa shape index (κ1) is 20.0. The van der Waals surface area contributed by atoms with Gasteiger partial charge in [0.05, 0.1) is 34.7 Å². The van der Waals surface area contributed by atoms with Crippen molar-refractivity contribution in [1.29, 1.82) is 5.26 Å². The molecular weight excluding hydrogens is 372 g/mol. The van der Waals surface area contributed by atoms with Gasteiger partial charge >= 0.3 is 5.97 Å². The maximum atomic E-state index is 12.3. The number of carboxylic acid groups (broad SMARTS) is 1. The zero-order valence-corrected chi connectivity index (χ0v) is 16.6. The van der Waals surface area contributed by atoms with Gasteiger partial charge < -0.3 is 10.4 Å². The van der Waals surface area contributed by atoms with Crippen LogP contribution in [0.5, 0.6) is 0 Å². The molecule has 1 amide bonds. The van der Waals surface area contributed by atoms with Crippen molar-refractivity contribution in [2.24, 2.45) is 11.3 Å². The fraction of sp³-hybridized carbons (Fsp3) is 0.471. The van der Waals surface area contributed by atoms with Crippen molar-refractivity contribution in [3.63, 3.8) is 0 Å². The van der Waals surface area contributed by atoms with Crippen LogP contribution >= 0.6 is 22.7 Å². The van der Waals surface area contributed by atoms with Crippen LogP contribution in [0.25, 0.3) is 10.6 Å². The molecule has 0 aliphatic heterocycles. The lowest BCUT2D eigenvalue weighted by Gasteiger charge is -2.26. The van der Waals surface area contributed by atoms with Crippen molar-refractivity contribution in [2.75, 3.05) is 5.32 Å². The summed E-state index contributed by atoms with van der Waals surface area (Å²) in [6, 6.07) is 2.06. The van der Waals surface area contributed by atoms with E-state index in [4.69, 9.17) is 5.26 Å². The third-order valence-corrected chi connectivity index (χ3v) is 5.73. The minimum Gasteiger partial charge on any atom is -0.481 e. The maximum Gasteiger partial charge on any atom is 0.307 e. The van der Waals surface area contributed by atoms with Gasteiger partial charge in [-0.25, -0.2) is 9.97 Å². The average molecular weight is 393 g/mol. The molecule has 0 fully saturated rings. The Morgan fingerprint density at radius 1 is 1.38 bits per heavy atom. The standard InChI is InChI=1S/C17H20N4O3S2/c1-9-14(11-8-25-13(20-11)5-6-18)26-16(19-9)21-12(22)7-10(15(23)24)17(2,3)4/h8,10H,5,7H2,1-4H3,(H,23,24)(H,19,21,22). The zero-order chi connectivity index (χ0) is 19.5. The number of thiazole rings is 2. The summed E-state index contributed by atoms with van der Waals surface area (Å²) in [5, 5.41) is 23.8. The van der Waals surface area contributed by atoms with Gasteiger partial charge in [-0.1, -0.05) is 32.1 Å². The summed E-state index contributed by atoms with van der Waals surface area (Å²) in [4.78, 5) is 33.2. The molecule has 0 saturated carbocycles. The summed E-state index contributed by atoms with van der Waals surface area (Å²) in [7, 11) is 0. The number of aryl methyl sites for hydroxylation is 1. The molecule has 0 aliphatic carbocycles. The number of hydrogen-bond donors (Lipinski definition) is 2. The summed E-state index contributed by atoms with van der Waals surface area (Å²) >= 11 is 2.69. The smallest absolute Gasteiger partial charge is 0.307 e. The summed E-state index contributed by atoms with van der Waals surface area (Å²) in [6.45, 7) is 7.21. The van der Waals surface area contributed by atoms with Crippen molar-refractivity contribution in [3.8, 4) is 16.6 Å². The number of nitrogens with one attached hydrogen (secondary N) is 1. The molecule has 2 aromatic rings. The van der Waals surface area contributed by atoms with Crippen molar-refractivity contribution in [2.45, 2.75) is 40.5 Å². The number of hydrogen-bond acceptors (Lipinski definition) is 7. The lowest BCUT2D eigenvalue weighted by molar-refractivity contribution is -0.147. The Hall–Kier alpha value is -2.31. The molecule has 9 heteroatoms. The Morgan fingerprint density at radius 2 is 2.08 bits per heavy atom. The van der Waals surface area contributed by atoms with E-state index in [2.05, 4.69) is 21.4 Å². The SMILES string of the molecule is Cc1nc(NC(=O)CC(C(=O)O)C(C)(C)C)sc1-c1csc(CC#N)n1. The Morgan fingerprint density at radius 3 is 2.65 bits per heavy atom. The predicted molar refractivity (Wildman–Crippen MR) is 101 cm³/mol. The molecule has 1 atom stereocenters. The number of anilines is 1.